The number of carbonyl (C=O) groups is 1. The summed E-state index contributed by atoms with van der Waals surface area (Å²) in [5.74, 6) is -0.667. The van der Waals surface area contributed by atoms with Gasteiger partial charge in [-0.25, -0.2) is 13.8 Å². The first-order chi connectivity index (χ1) is 11.6. The molecule has 1 aromatic carbocycles. The summed E-state index contributed by atoms with van der Waals surface area (Å²) >= 11 is 0. The van der Waals surface area contributed by atoms with E-state index in [1.54, 1.807) is 11.8 Å². The highest BCUT2D eigenvalue weighted by molar-refractivity contribution is 5.92. The van der Waals surface area contributed by atoms with Crippen LogP contribution in [-0.2, 0) is 6.42 Å². The summed E-state index contributed by atoms with van der Waals surface area (Å²) in [6, 6.07) is 3.93. The Morgan fingerprint density at radius 2 is 2.12 bits per heavy atom. The van der Waals surface area contributed by atoms with Crippen molar-refractivity contribution in [2.24, 2.45) is 5.92 Å². The summed E-state index contributed by atoms with van der Waals surface area (Å²) in [6.07, 6.45) is 4.09. The van der Waals surface area contributed by atoms with Gasteiger partial charge in [-0.05, 0) is 50.7 Å². The Morgan fingerprint density at radius 3 is 2.79 bits per heavy atom. The van der Waals surface area contributed by atoms with Crippen molar-refractivity contribution in [3.8, 4) is 0 Å². The average Bonchev–Trinajstić information content (AvgIpc) is 3.00. The number of nitrogens with zero attached hydrogens (tertiary/aromatic N) is 2. The number of aromatic nitrogens is 1. The normalized spacial score (nSPS) is 18.0. The highest BCUT2D eigenvalue weighted by atomic mass is 19.1. The van der Waals surface area contributed by atoms with E-state index in [0.29, 0.717) is 31.6 Å². The van der Waals surface area contributed by atoms with Crippen LogP contribution >= 0.6 is 0 Å². The Morgan fingerprint density at radius 1 is 1.38 bits per heavy atom. The predicted molar refractivity (Wildman–Crippen MR) is 84.5 cm³/mol. The van der Waals surface area contributed by atoms with Crippen LogP contribution in [0.5, 0.6) is 0 Å². The Hall–Kier alpha value is -2.24. The largest absolute Gasteiger partial charge is 0.438 e. The van der Waals surface area contributed by atoms with Crippen LogP contribution in [0.15, 0.2) is 29.0 Å². The van der Waals surface area contributed by atoms with Gasteiger partial charge in [-0.15, -0.1) is 0 Å². The molecule has 1 aromatic heterocycles. The summed E-state index contributed by atoms with van der Waals surface area (Å²) in [4.78, 5) is 18.2. The van der Waals surface area contributed by atoms with Gasteiger partial charge in [0, 0.05) is 18.7 Å². The second kappa shape index (κ2) is 7.11. The lowest BCUT2D eigenvalue weighted by Crippen LogP contribution is -2.40. The summed E-state index contributed by atoms with van der Waals surface area (Å²) < 4.78 is 32.6. The molecule has 1 fully saturated rings. The number of oxazole rings is 1. The molecule has 6 heteroatoms. The first kappa shape index (κ1) is 16.6. The van der Waals surface area contributed by atoms with Gasteiger partial charge in [0.2, 0.25) is 5.76 Å². The zero-order chi connectivity index (χ0) is 17.1. The van der Waals surface area contributed by atoms with E-state index in [4.69, 9.17) is 4.42 Å². The number of piperidine rings is 1. The Labute approximate surface area is 139 Å². The van der Waals surface area contributed by atoms with E-state index in [1.807, 2.05) is 0 Å². The number of rotatable bonds is 4. The van der Waals surface area contributed by atoms with E-state index in [0.717, 1.165) is 12.8 Å². The zero-order valence-corrected chi connectivity index (χ0v) is 13.6. The van der Waals surface area contributed by atoms with Gasteiger partial charge in [0.1, 0.15) is 11.6 Å². The molecule has 0 radical (unpaired) electrons. The van der Waals surface area contributed by atoms with Crippen molar-refractivity contribution < 1.29 is 18.0 Å². The lowest BCUT2D eigenvalue weighted by molar-refractivity contribution is 0.0635. The molecule has 4 nitrogen and oxygen atoms in total. The molecule has 1 atom stereocenters. The molecule has 0 bridgehead atoms. The molecule has 0 N–H and O–H groups in total. The summed E-state index contributed by atoms with van der Waals surface area (Å²) in [5, 5.41) is 0. The molecule has 2 heterocycles. The standard InChI is InChI=1S/C18H20F2N2O2/c1-12-17(24-11-21-12)18(23)22-9-3-4-13(10-22)7-8-14-15(19)5-2-6-16(14)20/h2,5-6,11,13H,3-4,7-10H2,1H3. The van der Waals surface area contributed by atoms with Crippen molar-refractivity contribution in [3.63, 3.8) is 0 Å². The van der Waals surface area contributed by atoms with Gasteiger partial charge in [-0.3, -0.25) is 4.79 Å². The third-order valence-electron chi connectivity index (χ3n) is 4.61. The first-order valence-electron chi connectivity index (χ1n) is 8.18. The van der Waals surface area contributed by atoms with E-state index in [1.165, 1.54) is 24.6 Å². The molecule has 2 aromatic rings. The maximum atomic E-state index is 13.7. The van der Waals surface area contributed by atoms with E-state index in [-0.39, 0.29) is 23.1 Å². The number of amides is 1. The maximum Gasteiger partial charge on any atom is 0.291 e. The lowest BCUT2D eigenvalue weighted by atomic mass is 9.91. The summed E-state index contributed by atoms with van der Waals surface area (Å²) in [6.45, 7) is 2.98. The van der Waals surface area contributed by atoms with Crippen LogP contribution in [0.3, 0.4) is 0 Å². The number of halogens is 2. The Kier molecular flexibility index (Phi) is 4.92. The molecule has 0 spiro atoms. The highest BCUT2D eigenvalue weighted by Gasteiger charge is 2.27. The van der Waals surface area contributed by atoms with E-state index in [9.17, 15) is 13.6 Å². The van der Waals surface area contributed by atoms with Crippen molar-refractivity contribution in [1.29, 1.82) is 0 Å². The summed E-state index contributed by atoms with van der Waals surface area (Å²) in [7, 11) is 0. The lowest BCUT2D eigenvalue weighted by Gasteiger charge is -2.32. The van der Waals surface area contributed by atoms with Gasteiger partial charge < -0.3 is 9.32 Å². The van der Waals surface area contributed by atoms with Gasteiger partial charge in [0.15, 0.2) is 6.39 Å². The number of likely N-dealkylation sites (tertiary alicyclic amines) is 1. The fourth-order valence-electron chi connectivity index (χ4n) is 3.26. The minimum absolute atomic E-state index is 0.132. The van der Waals surface area contributed by atoms with Crippen LogP contribution < -0.4 is 0 Å². The van der Waals surface area contributed by atoms with Gasteiger partial charge in [0.05, 0.1) is 5.69 Å². The zero-order valence-electron chi connectivity index (χ0n) is 13.6. The van der Waals surface area contributed by atoms with E-state index >= 15 is 0 Å². The molecule has 128 valence electrons. The predicted octanol–water partition coefficient (Wildman–Crippen LogP) is 3.75. The number of aryl methyl sites for hydroxylation is 1. The minimum atomic E-state index is -0.504. The van der Waals surface area contributed by atoms with Gasteiger partial charge in [-0.1, -0.05) is 6.07 Å². The molecule has 0 saturated carbocycles. The smallest absolute Gasteiger partial charge is 0.291 e. The van der Waals surface area contributed by atoms with Gasteiger partial charge in [-0.2, -0.15) is 0 Å². The van der Waals surface area contributed by atoms with Crippen molar-refractivity contribution in [3.05, 3.63) is 53.2 Å². The second-order valence-electron chi connectivity index (χ2n) is 6.27. The van der Waals surface area contributed by atoms with Crippen LogP contribution in [0, 0.1) is 24.5 Å². The van der Waals surface area contributed by atoms with Crippen LogP contribution in [0.2, 0.25) is 0 Å². The average molecular weight is 334 g/mol. The molecular formula is C18H20F2N2O2. The third-order valence-corrected chi connectivity index (χ3v) is 4.61. The topological polar surface area (TPSA) is 46.3 Å². The molecular weight excluding hydrogens is 314 g/mol. The fraction of sp³-hybridized carbons (Fsp3) is 0.444. The molecule has 24 heavy (non-hydrogen) atoms. The molecule has 1 saturated heterocycles. The van der Waals surface area contributed by atoms with Crippen LogP contribution in [0.4, 0.5) is 8.78 Å². The molecule has 3 rings (SSSR count). The highest BCUT2D eigenvalue weighted by Crippen LogP contribution is 2.25. The van der Waals surface area contributed by atoms with E-state index in [2.05, 4.69) is 4.98 Å². The van der Waals surface area contributed by atoms with Crippen molar-refractivity contribution in [1.82, 2.24) is 9.88 Å². The van der Waals surface area contributed by atoms with Crippen molar-refractivity contribution in [2.75, 3.05) is 13.1 Å². The first-order valence-corrected chi connectivity index (χ1v) is 8.18. The fourth-order valence-corrected chi connectivity index (χ4v) is 3.26. The van der Waals surface area contributed by atoms with Gasteiger partial charge >= 0.3 is 0 Å². The molecule has 0 aliphatic carbocycles. The third kappa shape index (κ3) is 3.47. The van der Waals surface area contributed by atoms with Crippen LogP contribution in [0.1, 0.15) is 41.1 Å². The van der Waals surface area contributed by atoms with Gasteiger partial charge in [0.25, 0.3) is 5.91 Å². The number of hydrogen-bond acceptors (Lipinski definition) is 3. The van der Waals surface area contributed by atoms with Crippen molar-refractivity contribution in [2.45, 2.75) is 32.6 Å². The van der Waals surface area contributed by atoms with Crippen molar-refractivity contribution >= 4 is 5.91 Å². The van der Waals surface area contributed by atoms with Crippen LogP contribution in [-0.4, -0.2) is 28.9 Å². The van der Waals surface area contributed by atoms with E-state index < -0.39 is 11.6 Å². The Balaban J connectivity index is 1.62. The number of hydrogen-bond donors (Lipinski definition) is 0. The number of benzene rings is 1. The molecule has 1 amide bonds. The monoisotopic (exact) mass is 334 g/mol. The SMILES string of the molecule is Cc1ncoc1C(=O)N1CCCC(CCc2c(F)cccc2F)C1. The Bertz CT molecular complexity index is 709. The second-order valence-corrected chi connectivity index (χ2v) is 6.27. The quantitative estimate of drug-likeness (QED) is 0.855. The maximum absolute atomic E-state index is 13.7. The molecule has 1 aliphatic rings. The van der Waals surface area contributed by atoms with Crippen LogP contribution in [0.25, 0.3) is 0 Å². The molecule has 1 unspecified atom stereocenters. The molecule has 1 aliphatic heterocycles. The summed E-state index contributed by atoms with van der Waals surface area (Å²) in [5.41, 5.74) is 0.711. The minimum Gasteiger partial charge on any atom is -0.438 e. The number of carbonyl (C=O) groups excluding carboxylic acids is 1.